The average molecular weight is 286 g/mol. The summed E-state index contributed by atoms with van der Waals surface area (Å²) in [5.41, 5.74) is 1.06. The number of methoxy groups -OCH3 is 1. The third kappa shape index (κ3) is 5.81. The number of aliphatic hydroxyl groups is 1. The van der Waals surface area contributed by atoms with Crippen LogP contribution in [0.15, 0.2) is 18.2 Å². The van der Waals surface area contributed by atoms with Crippen LogP contribution >= 0.6 is 11.6 Å². The van der Waals surface area contributed by atoms with Crippen molar-refractivity contribution in [2.24, 2.45) is 5.92 Å². The van der Waals surface area contributed by atoms with E-state index in [4.69, 9.17) is 21.4 Å². The van der Waals surface area contributed by atoms with E-state index in [0.29, 0.717) is 5.92 Å². The molecule has 1 rings (SSSR count). The quantitative estimate of drug-likeness (QED) is 0.732. The largest absolute Gasteiger partial charge is 0.496 e. The molecule has 108 valence electrons. The predicted molar refractivity (Wildman–Crippen MR) is 79.8 cm³/mol. The number of nitrogens with one attached hydrogen (secondary N) is 1. The molecule has 2 N–H and O–H groups in total. The Morgan fingerprint density at radius 3 is 2.79 bits per heavy atom. The van der Waals surface area contributed by atoms with E-state index in [-0.39, 0.29) is 6.61 Å². The Labute approximate surface area is 120 Å². The van der Waals surface area contributed by atoms with Gasteiger partial charge in [-0.3, -0.25) is 0 Å². The number of halogens is 1. The first-order valence-corrected chi connectivity index (χ1v) is 7.23. The van der Waals surface area contributed by atoms with Gasteiger partial charge in [0.1, 0.15) is 5.75 Å². The Hall–Kier alpha value is -0.770. The molecular weight excluding hydrogens is 262 g/mol. The minimum absolute atomic E-state index is 0.257. The molecule has 1 aromatic rings. The summed E-state index contributed by atoms with van der Waals surface area (Å²) in [6.45, 7) is 4.07. The molecule has 19 heavy (non-hydrogen) atoms. The number of hydrogen-bond acceptors (Lipinski definition) is 3. The van der Waals surface area contributed by atoms with E-state index in [1.54, 1.807) is 7.11 Å². The summed E-state index contributed by atoms with van der Waals surface area (Å²) in [6.07, 6.45) is 3.14. The summed E-state index contributed by atoms with van der Waals surface area (Å²) in [5, 5.41) is 13.2. The van der Waals surface area contributed by atoms with E-state index in [1.807, 2.05) is 18.2 Å². The molecule has 0 aliphatic carbocycles. The summed E-state index contributed by atoms with van der Waals surface area (Å²) < 4.78 is 5.31. The Morgan fingerprint density at radius 1 is 1.37 bits per heavy atom. The molecule has 3 nitrogen and oxygen atoms in total. The van der Waals surface area contributed by atoms with Gasteiger partial charge in [0.2, 0.25) is 0 Å². The van der Waals surface area contributed by atoms with E-state index < -0.39 is 0 Å². The molecule has 0 amide bonds. The fourth-order valence-electron chi connectivity index (χ4n) is 2.24. The fraction of sp³-hybridized carbons (Fsp3) is 0.600. The van der Waals surface area contributed by atoms with Gasteiger partial charge in [0.05, 0.1) is 7.11 Å². The van der Waals surface area contributed by atoms with Crippen LogP contribution in [0.4, 0.5) is 0 Å². The Balaban J connectivity index is 2.49. The lowest BCUT2D eigenvalue weighted by Crippen LogP contribution is -2.23. The summed E-state index contributed by atoms with van der Waals surface area (Å²) in [7, 11) is 1.67. The number of hydrogen-bond donors (Lipinski definition) is 2. The van der Waals surface area contributed by atoms with Gasteiger partial charge in [-0.25, -0.2) is 0 Å². The van der Waals surface area contributed by atoms with Gasteiger partial charge in [-0.15, -0.1) is 0 Å². The first kappa shape index (κ1) is 16.3. The molecule has 0 saturated heterocycles. The second-order valence-corrected chi connectivity index (χ2v) is 5.19. The molecule has 1 atom stereocenters. The lowest BCUT2D eigenvalue weighted by molar-refractivity contribution is 0.248. The van der Waals surface area contributed by atoms with Gasteiger partial charge in [0.15, 0.2) is 0 Å². The highest BCUT2D eigenvalue weighted by atomic mass is 35.5. The monoisotopic (exact) mass is 285 g/mol. The van der Waals surface area contributed by atoms with Crippen molar-refractivity contribution in [2.45, 2.75) is 32.7 Å². The SMILES string of the molecule is CCCC(CCO)CNCc1cc(Cl)ccc1OC. The zero-order valence-electron chi connectivity index (χ0n) is 11.8. The first-order chi connectivity index (χ1) is 9.21. The lowest BCUT2D eigenvalue weighted by atomic mass is 10.00. The molecule has 4 heteroatoms. The van der Waals surface area contributed by atoms with Crippen molar-refractivity contribution >= 4 is 11.6 Å². The van der Waals surface area contributed by atoms with Crippen molar-refractivity contribution in [3.05, 3.63) is 28.8 Å². The zero-order valence-corrected chi connectivity index (χ0v) is 12.5. The van der Waals surface area contributed by atoms with Crippen LogP contribution in [-0.2, 0) is 6.54 Å². The van der Waals surface area contributed by atoms with Crippen molar-refractivity contribution in [2.75, 3.05) is 20.3 Å². The highest BCUT2D eigenvalue weighted by molar-refractivity contribution is 6.30. The van der Waals surface area contributed by atoms with Gasteiger partial charge in [-0.1, -0.05) is 24.9 Å². The van der Waals surface area contributed by atoms with Crippen molar-refractivity contribution in [1.82, 2.24) is 5.32 Å². The molecule has 0 radical (unpaired) electrons. The molecule has 0 heterocycles. The second-order valence-electron chi connectivity index (χ2n) is 4.75. The Morgan fingerprint density at radius 2 is 2.16 bits per heavy atom. The minimum atomic E-state index is 0.257. The van der Waals surface area contributed by atoms with Gasteiger partial charge >= 0.3 is 0 Å². The van der Waals surface area contributed by atoms with Crippen molar-refractivity contribution in [1.29, 1.82) is 0 Å². The highest BCUT2D eigenvalue weighted by Gasteiger charge is 2.08. The summed E-state index contributed by atoms with van der Waals surface area (Å²) in [6, 6.07) is 5.64. The summed E-state index contributed by atoms with van der Waals surface area (Å²) >= 11 is 6.00. The first-order valence-electron chi connectivity index (χ1n) is 6.85. The van der Waals surface area contributed by atoms with E-state index in [2.05, 4.69) is 12.2 Å². The van der Waals surface area contributed by atoms with Crippen LogP contribution in [0.5, 0.6) is 5.75 Å². The maximum absolute atomic E-state index is 9.03. The molecule has 0 aromatic heterocycles. The fourth-order valence-corrected chi connectivity index (χ4v) is 2.43. The van der Waals surface area contributed by atoms with E-state index in [1.165, 1.54) is 0 Å². The number of aliphatic hydroxyl groups excluding tert-OH is 1. The molecule has 1 unspecified atom stereocenters. The minimum Gasteiger partial charge on any atom is -0.496 e. The molecule has 0 fully saturated rings. The van der Waals surface area contributed by atoms with Crippen molar-refractivity contribution < 1.29 is 9.84 Å². The Kier molecular flexibility index (Phi) is 7.87. The van der Waals surface area contributed by atoms with Gasteiger partial charge in [0.25, 0.3) is 0 Å². The molecule has 0 saturated carbocycles. The number of benzene rings is 1. The van der Waals surface area contributed by atoms with E-state index in [9.17, 15) is 0 Å². The topological polar surface area (TPSA) is 41.5 Å². The number of rotatable bonds is 9. The van der Waals surface area contributed by atoms with Crippen LogP contribution in [0, 0.1) is 5.92 Å². The summed E-state index contributed by atoms with van der Waals surface area (Å²) in [5.74, 6) is 1.38. The maximum atomic E-state index is 9.03. The molecule has 0 aliphatic heterocycles. The second kappa shape index (κ2) is 9.18. The average Bonchev–Trinajstić information content (AvgIpc) is 2.39. The smallest absolute Gasteiger partial charge is 0.123 e. The van der Waals surface area contributed by atoms with Gasteiger partial charge in [0, 0.05) is 23.7 Å². The lowest BCUT2D eigenvalue weighted by Gasteiger charge is -2.16. The number of ether oxygens (including phenoxy) is 1. The van der Waals surface area contributed by atoms with Crippen LogP contribution in [0.3, 0.4) is 0 Å². The van der Waals surface area contributed by atoms with Crippen molar-refractivity contribution in [3.63, 3.8) is 0 Å². The van der Waals surface area contributed by atoms with Crippen LogP contribution in [0.2, 0.25) is 5.02 Å². The van der Waals surface area contributed by atoms with Crippen LogP contribution in [0.25, 0.3) is 0 Å². The molecule has 0 spiro atoms. The zero-order chi connectivity index (χ0) is 14.1. The molecule has 0 aliphatic rings. The van der Waals surface area contributed by atoms with E-state index in [0.717, 1.165) is 48.7 Å². The molecule has 1 aromatic carbocycles. The third-order valence-electron chi connectivity index (χ3n) is 3.23. The van der Waals surface area contributed by atoms with Gasteiger partial charge < -0.3 is 15.2 Å². The van der Waals surface area contributed by atoms with Crippen molar-refractivity contribution in [3.8, 4) is 5.75 Å². The van der Waals surface area contributed by atoms with Gasteiger partial charge in [-0.05, 0) is 43.5 Å². The van der Waals surface area contributed by atoms with Crippen LogP contribution < -0.4 is 10.1 Å². The van der Waals surface area contributed by atoms with Crippen LogP contribution in [0.1, 0.15) is 31.7 Å². The van der Waals surface area contributed by atoms with Crippen LogP contribution in [-0.4, -0.2) is 25.4 Å². The standard InChI is InChI=1S/C15H24ClNO2/c1-3-4-12(7-8-18)10-17-11-13-9-14(16)5-6-15(13)19-2/h5-6,9,12,17-18H,3-4,7-8,10-11H2,1-2H3. The highest BCUT2D eigenvalue weighted by Crippen LogP contribution is 2.22. The normalized spacial score (nSPS) is 12.4. The van der Waals surface area contributed by atoms with E-state index >= 15 is 0 Å². The predicted octanol–water partition coefficient (Wildman–Crippen LogP) is 3.24. The van der Waals surface area contributed by atoms with Gasteiger partial charge in [-0.2, -0.15) is 0 Å². The molecule has 0 bridgehead atoms. The third-order valence-corrected chi connectivity index (χ3v) is 3.46. The molecular formula is C15H24ClNO2. The Bertz CT molecular complexity index is 365. The maximum Gasteiger partial charge on any atom is 0.123 e. The summed E-state index contributed by atoms with van der Waals surface area (Å²) in [4.78, 5) is 0.